The number of rotatable bonds is 0. The molecule has 23 heavy (non-hydrogen) atoms. The molecule has 0 unspecified atom stereocenters. The van der Waals surface area contributed by atoms with Gasteiger partial charge >= 0.3 is 0 Å². The van der Waals surface area contributed by atoms with Crippen molar-refractivity contribution >= 4 is 28.7 Å². The van der Waals surface area contributed by atoms with E-state index in [9.17, 15) is 0 Å². The number of nitrogens with two attached hydrogens (primary N) is 3. The van der Waals surface area contributed by atoms with Gasteiger partial charge in [-0.25, -0.2) is 0 Å². The zero-order valence-corrected chi connectivity index (χ0v) is 13.9. The molecule has 3 aromatic carbocycles. The van der Waals surface area contributed by atoms with Crippen LogP contribution >= 0.6 is 11.6 Å². The first kappa shape index (κ1) is 18.4. The van der Waals surface area contributed by atoms with Gasteiger partial charge in [-0.15, -0.1) is 0 Å². The summed E-state index contributed by atoms with van der Waals surface area (Å²) >= 11 is 5.56. The Morgan fingerprint density at radius 2 is 0.957 bits per heavy atom. The van der Waals surface area contributed by atoms with Gasteiger partial charge in [0.1, 0.15) is 0 Å². The summed E-state index contributed by atoms with van der Waals surface area (Å²) in [5, 5.41) is 0.721. The van der Waals surface area contributed by atoms with Crippen LogP contribution in [0.15, 0.2) is 78.9 Å². The normalized spacial score (nSPS) is 8.96. The molecule has 3 aromatic rings. The fraction of sp³-hybridized carbons (Fsp3) is 0.0526. The molecular formula is C19H22ClN3. The SMILES string of the molecule is Cc1ccc(N)cc1.Nc1ccc(Cl)cc1.Nc1ccccc1. The van der Waals surface area contributed by atoms with E-state index >= 15 is 0 Å². The lowest BCUT2D eigenvalue weighted by Crippen LogP contribution is -1.81. The van der Waals surface area contributed by atoms with Gasteiger partial charge in [0.05, 0.1) is 0 Å². The van der Waals surface area contributed by atoms with Gasteiger partial charge in [-0.05, 0) is 55.5 Å². The molecule has 0 fully saturated rings. The minimum absolute atomic E-state index is 0.721. The van der Waals surface area contributed by atoms with E-state index in [1.807, 2.05) is 61.5 Å². The van der Waals surface area contributed by atoms with E-state index in [-0.39, 0.29) is 0 Å². The predicted molar refractivity (Wildman–Crippen MR) is 102 cm³/mol. The molecule has 0 aliphatic rings. The Morgan fingerprint density at radius 1 is 0.565 bits per heavy atom. The fourth-order valence-electron chi connectivity index (χ4n) is 1.48. The average molecular weight is 328 g/mol. The summed E-state index contributed by atoms with van der Waals surface area (Å²) in [6.07, 6.45) is 0. The number of hydrogen-bond donors (Lipinski definition) is 3. The van der Waals surface area contributed by atoms with Crippen LogP contribution in [0.2, 0.25) is 5.02 Å². The molecular weight excluding hydrogens is 306 g/mol. The van der Waals surface area contributed by atoms with Crippen LogP contribution in [0.4, 0.5) is 17.1 Å². The Hall–Kier alpha value is -2.65. The second-order valence-electron chi connectivity index (χ2n) is 4.87. The van der Waals surface area contributed by atoms with E-state index in [1.54, 1.807) is 24.3 Å². The van der Waals surface area contributed by atoms with E-state index in [1.165, 1.54) is 5.56 Å². The predicted octanol–water partition coefficient (Wildman–Crippen LogP) is 4.77. The van der Waals surface area contributed by atoms with Gasteiger partial charge in [0.2, 0.25) is 0 Å². The molecule has 0 saturated heterocycles. The smallest absolute Gasteiger partial charge is 0.0407 e. The van der Waals surface area contributed by atoms with E-state index in [4.69, 9.17) is 28.8 Å². The highest BCUT2D eigenvalue weighted by Crippen LogP contribution is 2.09. The lowest BCUT2D eigenvalue weighted by atomic mass is 10.2. The Labute approximate surface area is 142 Å². The third-order valence-corrected chi connectivity index (χ3v) is 3.00. The first-order valence-corrected chi connectivity index (χ1v) is 7.49. The van der Waals surface area contributed by atoms with Gasteiger partial charge in [0, 0.05) is 22.1 Å². The van der Waals surface area contributed by atoms with Crippen LogP contribution in [0.25, 0.3) is 0 Å². The number of nitrogen functional groups attached to an aromatic ring is 3. The number of hydrogen-bond acceptors (Lipinski definition) is 3. The van der Waals surface area contributed by atoms with Crippen LogP contribution in [-0.4, -0.2) is 0 Å². The van der Waals surface area contributed by atoms with Gasteiger partial charge in [-0.1, -0.05) is 47.5 Å². The quantitative estimate of drug-likeness (QED) is 0.520. The molecule has 3 nitrogen and oxygen atoms in total. The molecule has 0 aliphatic carbocycles. The van der Waals surface area contributed by atoms with Crippen LogP contribution in [0.3, 0.4) is 0 Å². The maximum absolute atomic E-state index is 5.56. The number of anilines is 3. The van der Waals surface area contributed by atoms with Crippen molar-refractivity contribution in [2.24, 2.45) is 0 Å². The van der Waals surface area contributed by atoms with Gasteiger partial charge in [0.25, 0.3) is 0 Å². The summed E-state index contributed by atoms with van der Waals surface area (Å²) in [7, 11) is 0. The molecule has 6 N–H and O–H groups in total. The third-order valence-electron chi connectivity index (χ3n) is 2.75. The first-order valence-electron chi connectivity index (χ1n) is 7.11. The molecule has 0 spiro atoms. The molecule has 4 heteroatoms. The lowest BCUT2D eigenvalue weighted by Gasteiger charge is -1.90. The minimum atomic E-state index is 0.721. The number of benzene rings is 3. The first-order chi connectivity index (χ1) is 11.0. The molecule has 0 radical (unpaired) electrons. The molecule has 0 aliphatic heterocycles. The molecule has 0 heterocycles. The standard InChI is InChI=1S/C7H9N.C6H6ClN.C6H7N/c1-6-2-4-7(8)5-3-6;7-5-1-3-6(8)4-2-5;7-6-4-2-1-3-5-6/h2-5H,8H2,1H3;1-4H,8H2;1-5H,7H2. The Balaban J connectivity index is 0.000000173. The van der Waals surface area contributed by atoms with Crippen molar-refractivity contribution in [2.45, 2.75) is 6.92 Å². The van der Waals surface area contributed by atoms with Crippen molar-refractivity contribution in [2.75, 3.05) is 17.2 Å². The lowest BCUT2D eigenvalue weighted by molar-refractivity contribution is 1.47. The van der Waals surface area contributed by atoms with E-state index in [0.29, 0.717) is 0 Å². The Morgan fingerprint density at radius 3 is 1.26 bits per heavy atom. The van der Waals surface area contributed by atoms with E-state index in [0.717, 1.165) is 22.1 Å². The summed E-state index contributed by atoms with van der Waals surface area (Å²) in [5.74, 6) is 0. The van der Waals surface area contributed by atoms with Crippen molar-refractivity contribution < 1.29 is 0 Å². The molecule has 0 amide bonds. The van der Waals surface area contributed by atoms with Crippen molar-refractivity contribution in [3.8, 4) is 0 Å². The zero-order valence-electron chi connectivity index (χ0n) is 13.1. The van der Waals surface area contributed by atoms with Crippen molar-refractivity contribution in [1.29, 1.82) is 0 Å². The van der Waals surface area contributed by atoms with Crippen LogP contribution in [0.1, 0.15) is 5.56 Å². The number of para-hydroxylation sites is 1. The monoisotopic (exact) mass is 327 g/mol. The van der Waals surface area contributed by atoms with Crippen molar-refractivity contribution in [3.63, 3.8) is 0 Å². The van der Waals surface area contributed by atoms with E-state index in [2.05, 4.69) is 0 Å². The van der Waals surface area contributed by atoms with Crippen LogP contribution in [-0.2, 0) is 0 Å². The van der Waals surface area contributed by atoms with Gasteiger partial charge < -0.3 is 17.2 Å². The second kappa shape index (κ2) is 10.1. The van der Waals surface area contributed by atoms with Crippen LogP contribution in [0.5, 0.6) is 0 Å². The minimum Gasteiger partial charge on any atom is -0.399 e. The maximum atomic E-state index is 5.56. The highest BCUT2D eigenvalue weighted by atomic mass is 35.5. The topological polar surface area (TPSA) is 78.1 Å². The fourth-order valence-corrected chi connectivity index (χ4v) is 1.61. The Bertz CT molecular complexity index is 580. The summed E-state index contributed by atoms with van der Waals surface area (Å²) in [6.45, 7) is 2.04. The molecule has 120 valence electrons. The molecule has 0 bridgehead atoms. The number of aryl methyl sites for hydroxylation is 1. The average Bonchev–Trinajstić information content (AvgIpc) is 2.55. The molecule has 0 saturated carbocycles. The second-order valence-corrected chi connectivity index (χ2v) is 5.31. The molecule has 0 aromatic heterocycles. The summed E-state index contributed by atoms with van der Waals surface area (Å²) in [6, 6.07) is 24.3. The van der Waals surface area contributed by atoms with Crippen LogP contribution in [0, 0.1) is 6.92 Å². The molecule has 3 rings (SSSR count). The van der Waals surface area contributed by atoms with Gasteiger partial charge in [0.15, 0.2) is 0 Å². The third kappa shape index (κ3) is 9.06. The summed E-state index contributed by atoms with van der Waals surface area (Å²) in [4.78, 5) is 0. The zero-order chi connectivity index (χ0) is 17.1. The Kier molecular flexibility index (Phi) is 8.11. The summed E-state index contributed by atoms with van der Waals surface area (Å²) < 4.78 is 0. The largest absolute Gasteiger partial charge is 0.399 e. The van der Waals surface area contributed by atoms with Crippen LogP contribution < -0.4 is 17.2 Å². The van der Waals surface area contributed by atoms with Gasteiger partial charge in [-0.3, -0.25) is 0 Å². The maximum Gasteiger partial charge on any atom is 0.0407 e. The van der Waals surface area contributed by atoms with Gasteiger partial charge in [-0.2, -0.15) is 0 Å². The van der Waals surface area contributed by atoms with Crippen molar-refractivity contribution in [1.82, 2.24) is 0 Å². The highest BCUT2D eigenvalue weighted by molar-refractivity contribution is 6.30. The molecule has 0 atom stereocenters. The van der Waals surface area contributed by atoms with Crippen molar-refractivity contribution in [3.05, 3.63) is 89.4 Å². The number of halogens is 1. The summed E-state index contributed by atoms with van der Waals surface area (Å²) in [5.41, 5.74) is 19.8. The highest BCUT2D eigenvalue weighted by Gasteiger charge is 1.82. The van der Waals surface area contributed by atoms with E-state index < -0.39 is 0 Å².